The molecular weight excluding hydrogens is 204 g/mol. The Kier molecular flexibility index (Phi) is 4.56. The zero-order valence-electron chi connectivity index (χ0n) is 8.70. The van der Waals surface area contributed by atoms with E-state index in [1.165, 1.54) is 19.3 Å². The highest BCUT2D eigenvalue weighted by Crippen LogP contribution is 2.17. The number of esters is 1. The minimum atomic E-state index is -3.39. The minimum Gasteiger partial charge on any atom is -0.465 e. The van der Waals surface area contributed by atoms with Crippen LogP contribution in [0.5, 0.6) is 0 Å². The molecule has 0 aliphatic rings. The van der Waals surface area contributed by atoms with Gasteiger partial charge in [-0.15, -0.1) is 0 Å². The van der Waals surface area contributed by atoms with Crippen molar-refractivity contribution >= 4 is 15.8 Å². The first kappa shape index (κ1) is 12.9. The highest BCUT2D eigenvalue weighted by Gasteiger charge is 2.21. The lowest BCUT2D eigenvalue weighted by Crippen LogP contribution is -2.12. The molecule has 0 aromatic carbocycles. The van der Waals surface area contributed by atoms with Gasteiger partial charge in [0.25, 0.3) is 0 Å². The summed E-state index contributed by atoms with van der Waals surface area (Å²) in [6.07, 6.45) is 3.85. The van der Waals surface area contributed by atoms with Crippen molar-refractivity contribution in [2.45, 2.75) is 13.8 Å². The molecule has 0 saturated heterocycles. The van der Waals surface area contributed by atoms with Crippen molar-refractivity contribution in [3.05, 3.63) is 22.6 Å². The molecule has 0 saturated carbocycles. The van der Waals surface area contributed by atoms with Crippen molar-refractivity contribution in [2.75, 3.05) is 13.4 Å². The SMILES string of the molecule is CC=C(C(=O)OC)C(=CC)S(C)(=O)=O. The molecule has 5 heteroatoms. The first-order chi connectivity index (χ1) is 6.38. The topological polar surface area (TPSA) is 60.4 Å². The third kappa shape index (κ3) is 2.99. The Balaban J connectivity index is 5.37. The lowest BCUT2D eigenvalue weighted by molar-refractivity contribution is -0.135. The van der Waals surface area contributed by atoms with Gasteiger partial charge in [-0.3, -0.25) is 0 Å². The predicted octanol–water partition coefficient (Wildman–Crippen LogP) is 1.05. The van der Waals surface area contributed by atoms with Gasteiger partial charge in [0.15, 0.2) is 9.84 Å². The van der Waals surface area contributed by atoms with Gasteiger partial charge < -0.3 is 4.74 Å². The molecule has 0 atom stereocenters. The van der Waals surface area contributed by atoms with Crippen LogP contribution >= 0.6 is 0 Å². The second-order valence-electron chi connectivity index (χ2n) is 2.62. The van der Waals surface area contributed by atoms with E-state index in [1.807, 2.05) is 0 Å². The van der Waals surface area contributed by atoms with E-state index in [-0.39, 0.29) is 10.5 Å². The van der Waals surface area contributed by atoms with Gasteiger partial charge in [0.05, 0.1) is 17.6 Å². The number of carbonyl (C=O) groups excluding carboxylic acids is 1. The Bertz CT molecular complexity index is 374. The van der Waals surface area contributed by atoms with Gasteiger partial charge in [0, 0.05) is 6.26 Å². The van der Waals surface area contributed by atoms with Crippen LogP contribution < -0.4 is 0 Å². The van der Waals surface area contributed by atoms with Gasteiger partial charge in [-0.05, 0) is 13.8 Å². The summed E-state index contributed by atoms with van der Waals surface area (Å²) in [6, 6.07) is 0. The lowest BCUT2D eigenvalue weighted by Gasteiger charge is -2.07. The van der Waals surface area contributed by atoms with Crippen molar-refractivity contribution in [1.29, 1.82) is 0 Å². The average molecular weight is 218 g/mol. The number of hydrogen-bond donors (Lipinski definition) is 0. The fourth-order valence-electron chi connectivity index (χ4n) is 1.04. The maximum Gasteiger partial charge on any atom is 0.338 e. The van der Waals surface area contributed by atoms with Gasteiger partial charge in [0.1, 0.15) is 0 Å². The summed E-state index contributed by atoms with van der Waals surface area (Å²) in [6.45, 7) is 3.14. The second kappa shape index (κ2) is 4.95. The van der Waals surface area contributed by atoms with Crippen molar-refractivity contribution in [3.8, 4) is 0 Å². The first-order valence-corrected chi connectivity index (χ1v) is 5.89. The summed E-state index contributed by atoms with van der Waals surface area (Å²) in [5.74, 6) is -0.647. The van der Waals surface area contributed by atoms with Gasteiger partial charge in [-0.2, -0.15) is 0 Å². The number of ether oxygens (including phenoxy) is 1. The average Bonchev–Trinajstić information content (AvgIpc) is 2.10. The van der Waals surface area contributed by atoms with Crippen molar-refractivity contribution in [2.24, 2.45) is 0 Å². The predicted molar refractivity (Wildman–Crippen MR) is 54.4 cm³/mol. The molecule has 0 fully saturated rings. The lowest BCUT2D eigenvalue weighted by atomic mass is 10.2. The van der Waals surface area contributed by atoms with Crippen LogP contribution in [0.3, 0.4) is 0 Å². The zero-order chi connectivity index (χ0) is 11.4. The first-order valence-electron chi connectivity index (χ1n) is 3.99. The maximum atomic E-state index is 11.3. The molecule has 0 spiro atoms. The smallest absolute Gasteiger partial charge is 0.338 e. The molecule has 14 heavy (non-hydrogen) atoms. The quantitative estimate of drug-likeness (QED) is 0.403. The van der Waals surface area contributed by atoms with Crippen molar-refractivity contribution in [1.82, 2.24) is 0 Å². The van der Waals surface area contributed by atoms with E-state index in [1.54, 1.807) is 13.8 Å². The molecule has 0 aliphatic carbocycles. The number of hydrogen-bond acceptors (Lipinski definition) is 4. The van der Waals surface area contributed by atoms with E-state index in [4.69, 9.17) is 0 Å². The number of methoxy groups -OCH3 is 1. The summed E-state index contributed by atoms with van der Waals surface area (Å²) in [5, 5.41) is 0. The fraction of sp³-hybridized carbons (Fsp3) is 0.444. The van der Waals surface area contributed by atoms with Crippen molar-refractivity contribution < 1.29 is 17.9 Å². The summed E-state index contributed by atoms with van der Waals surface area (Å²) in [7, 11) is -2.18. The fourth-order valence-corrected chi connectivity index (χ4v) is 2.07. The maximum absolute atomic E-state index is 11.3. The third-order valence-corrected chi connectivity index (χ3v) is 2.88. The Morgan fingerprint density at radius 2 is 1.71 bits per heavy atom. The van der Waals surface area contributed by atoms with Crippen LogP contribution in [-0.2, 0) is 19.4 Å². The largest absolute Gasteiger partial charge is 0.465 e. The molecule has 4 nitrogen and oxygen atoms in total. The van der Waals surface area contributed by atoms with Gasteiger partial charge in [0.2, 0.25) is 0 Å². The highest BCUT2D eigenvalue weighted by atomic mass is 32.2. The Labute approximate surface area is 84.2 Å². The second-order valence-corrected chi connectivity index (χ2v) is 4.60. The van der Waals surface area contributed by atoms with Crippen LogP contribution in [0.4, 0.5) is 0 Å². The van der Waals surface area contributed by atoms with Crippen LogP contribution in [0.25, 0.3) is 0 Å². The van der Waals surface area contributed by atoms with Crippen LogP contribution in [0, 0.1) is 0 Å². The summed E-state index contributed by atoms with van der Waals surface area (Å²) < 4.78 is 27.0. The van der Waals surface area contributed by atoms with E-state index in [2.05, 4.69) is 4.74 Å². The molecule has 0 aromatic heterocycles. The van der Waals surface area contributed by atoms with Crippen LogP contribution in [0.1, 0.15) is 13.8 Å². The number of rotatable bonds is 3. The molecule has 0 N–H and O–H groups in total. The van der Waals surface area contributed by atoms with E-state index >= 15 is 0 Å². The molecule has 0 aliphatic heterocycles. The van der Waals surface area contributed by atoms with E-state index < -0.39 is 15.8 Å². The van der Waals surface area contributed by atoms with Gasteiger partial charge >= 0.3 is 5.97 Å². The molecule has 0 rings (SSSR count). The summed E-state index contributed by atoms with van der Waals surface area (Å²) in [4.78, 5) is 11.2. The number of carbonyl (C=O) groups is 1. The van der Waals surface area contributed by atoms with E-state index in [0.29, 0.717) is 0 Å². The van der Waals surface area contributed by atoms with E-state index in [9.17, 15) is 13.2 Å². The summed E-state index contributed by atoms with van der Waals surface area (Å²) >= 11 is 0. The number of sulfone groups is 1. The molecule has 80 valence electrons. The van der Waals surface area contributed by atoms with Gasteiger partial charge in [-0.25, -0.2) is 13.2 Å². The Morgan fingerprint density at radius 3 is 1.93 bits per heavy atom. The Hall–Kier alpha value is -1.10. The van der Waals surface area contributed by atoms with Crippen molar-refractivity contribution in [3.63, 3.8) is 0 Å². The minimum absolute atomic E-state index is 0.00755. The summed E-state index contributed by atoms with van der Waals surface area (Å²) in [5.41, 5.74) is 0.0671. The molecule has 0 amide bonds. The molecular formula is C9H14O4S. The van der Waals surface area contributed by atoms with Gasteiger partial charge in [-0.1, -0.05) is 12.2 Å². The monoisotopic (exact) mass is 218 g/mol. The third-order valence-electron chi connectivity index (χ3n) is 1.62. The van der Waals surface area contributed by atoms with Crippen LogP contribution in [0.2, 0.25) is 0 Å². The standard InChI is InChI=1S/C9H14O4S/c1-5-7(9(10)13-3)8(6-2)14(4,11)12/h5-6H,1-4H3. The normalized spacial score (nSPS) is 14.0. The molecule has 0 bridgehead atoms. The molecule has 0 heterocycles. The molecule has 0 unspecified atom stereocenters. The van der Waals surface area contributed by atoms with E-state index in [0.717, 1.165) is 6.26 Å². The zero-order valence-corrected chi connectivity index (χ0v) is 9.51. The molecule has 0 radical (unpaired) electrons. The number of allylic oxidation sites excluding steroid dienone is 2. The Morgan fingerprint density at radius 1 is 1.21 bits per heavy atom. The highest BCUT2D eigenvalue weighted by molar-refractivity contribution is 7.94. The van der Waals surface area contributed by atoms with Crippen LogP contribution in [0.15, 0.2) is 22.6 Å². The molecule has 0 aromatic rings. The van der Waals surface area contributed by atoms with Crippen LogP contribution in [-0.4, -0.2) is 27.8 Å².